The number of aromatic nitrogens is 1. The molecule has 0 amide bonds. The molecule has 0 unspecified atom stereocenters. The van der Waals surface area contributed by atoms with E-state index in [4.69, 9.17) is 0 Å². The van der Waals surface area contributed by atoms with Gasteiger partial charge in [0.2, 0.25) is 5.78 Å². The molecule has 0 saturated carbocycles. The van der Waals surface area contributed by atoms with E-state index < -0.39 is 0 Å². The smallest absolute Gasteiger partial charge is 0.211 e. The van der Waals surface area contributed by atoms with E-state index in [2.05, 4.69) is 4.98 Å². The van der Waals surface area contributed by atoms with Crippen molar-refractivity contribution in [3.8, 4) is 0 Å². The van der Waals surface area contributed by atoms with Crippen molar-refractivity contribution in [1.29, 1.82) is 0 Å². The number of ketones is 1. The third kappa shape index (κ3) is 2.31. The first-order chi connectivity index (χ1) is 7.81. The Kier molecular flexibility index (Phi) is 3.37. The molecule has 0 aliphatic heterocycles. The minimum Gasteiger partial charge on any atom is -0.287 e. The summed E-state index contributed by atoms with van der Waals surface area (Å²) >= 11 is 1.53. The number of carbonyl (C=O) groups is 1. The summed E-state index contributed by atoms with van der Waals surface area (Å²) in [5.74, 6) is -0.0310. The van der Waals surface area contributed by atoms with Gasteiger partial charge in [0, 0.05) is 5.56 Å². The van der Waals surface area contributed by atoms with Gasteiger partial charge in [0.1, 0.15) is 5.69 Å². The van der Waals surface area contributed by atoms with Gasteiger partial charge in [-0.3, -0.25) is 4.79 Å². The molecular formula is C13H11NOS. The highest BCUT2D eigenvalue weighted by Crippen LogP contribution is 2.13. The molecule has 1 aromatic heterocycles. The van der Waals surface area contributed by atoms with Crippen molar-refractivity contribution in [3.05, 3.63) is 59.8 Å². The first-order valence-electron chi connectivity index (χ1n) is 4.92. The van der Waals surface area contributed by atoms with E-state index in [1.54, 1.807) is 18.2 Å². The maximum absolute atomic E-state index is 12.0. The van der Waals surface area contributed by atoms with Crippen LogP contribution in [0.15, 0.2) is 53.6 Å². The van der Waals surface area contributed by atoms with Crippen LogP contribution in [0, 0.1) is 0 Å². The molecule has 1 heterocycles. The van der Waals surface area contributed by atoms with Crippen molar-refractivity contribution in [2.75, 3.05) is 6.26 Å². The monoisotopic (exact) mass is 229 g/mol. The second-order valence-electron chi connectivity index (χ2n) is 3.26. The van der Waals surface area contributed by atoms with Crippen LogP contribution in [0.2, 0.25) is 0 Å². The summed E-state index contributed by atoms with van der Waals surface area (Å²) in [5, 5.41) is 0.863. The maximum atomic E-state index is 12.0. The van der Waals surface area contributed by atoms with E-state index in [0.717, 1.165) is 5.03 Å². The average molecular weight is 229 g/mol. The van der Waals surface area contributed by atoms with Gasteiger partial charge in [-0.1, -0.05) is 36.4 Å². The van der Waals surface area contributed by atoms with Crippen molar-refractivity contribution in [2.24, 2.45) is 0 Å². The molecule has 0 saturated heterocycles. The summed E-state index contributed by atoms with van der Waals surface area (Å²) in [6.07, 6.45) is 1.94. The molecule has 80 valence electrons. The molecule has 16 heavy (non-hydrogen) atoms. The molecule has 2 nitrogen and oxygen atoms in total. The lowest BCUT2D eigenvalue weighted by Gasteiger charge is -2.01. The number of hydrogen-bond donors (Lipinski definition) is 0. The molecule has 0 aliphatic carbocycles. The molecule has 0 aliphatic rings. The van der Waals surface area contributed by atoms with E-state index in [0.29, 0.717) is 11.3 Å². The third-order valence-corrected chi connectivity index (χ3v) is 2.85. The van der Waals surface area contributed by atoms with E-state index in [-0.39, 0.29) is 5.78 Å². The van der Waals surface area contributed by atoms with E-state index in [1.807, 2.05) is 36.6 Å². The minimum absolute atomic E-state index is 0.0310. The summed E-state index contributed by atoms with van der Waals surface area (Å²) in [5.41, 5.74) is 1.17. The van der Waals surface area contributed by atoms with Crippen molar-refractivity contribution >= 4 is 17.5 Å². The molecule has 0 atom stereocenters. The van der Waals surface area contributed by atoms with E-state index in [9.17, 15) is 4.79 Å². The summed E-state index contributed by atoms with van der Waals surface area (Å²) < 4.78 is 0. The summed E-state index contributed by atoms with van der Waals surface area (Å²) in [6.45, 7) is 0. The Morgan fingerprint density at radius 2 is 1.81 bits per heavy atom. The van der Waals surface area contributed by atoms with Gasteiger partial charge in [-0.15, -0.1) is 11.8 Å². The lowest BCUT2D eigenvalue weighted by molar-refractivity contribution is 0.103. The molecule has 2 aromatic rings. The van der Waals surface area contributed by atoms with Gasteiger partial charge < -0.3 is 0 Å². The zero-order valence-electron chi connectivity index (χ0n) is 8.88. The van der Waals surface area contributed by atoms with Crippen LogP contribution in [0.25, 0.3) is 0 Å². The number of pyridine rings is 1. The second kappa shape index (κ2) is 4.94. The lowest BCUT2D eigenvalue weighted by Crippen LogP contribution is -2.03. The predicted molar refractivity (Wildman–Crippen MR) is 65.9 cm³/mol. The number of benzene rings is 1. The van der Waals surface area contributed by atoms with E-state index >= 15 is 0 Å². The second-order valence-corrected chi connectivity index (χ2v) is 4.09. The Balaban J connectivity index is 2.34. The van der Waals surface area contributed by atoms with Crippen molar-refractivity contribution in [3.63, 3.8) is 0 Å². The summed E-state index contributed by atoms with van der Waals surface area (Å²) in [6, 6.07) is 14.7. The van der Waals surface area contributed by atoms with E-state index in [1.165, 1.54) is 11.8 Å². The van der Waals surface area contributed by atoms with Crippen LogP contribution in [0.3, 0.4) is 0 Å². The van der Waals surface area contributed by atoms with Gasteiger partial charge in [-0.25, -0.2) is 4.98 Å². The number of rotatable bonds is 3. The molecule has 2 rings (SSSR count). The van der Waals surface area contributed by atoms with Crippen LogP contribution < -0.4 is 0 Å². The minimum atomic E-state index is -0.0310. The highest BCUT2D eigenvalue weighted by atomic mass is 32.2. The Bertz CT molecular complexity index is 496. The van der Waals surface area contributed by atoms with Crippen molar-refractivity contribution < 1.29 is 4.79 Å². The largest absolute Gasteiger partial charge is 0.287 e. The molecule has 0 radical (unpaired) electrons. The fraction of sp³-hybridized carbons (Fsp3) is 0.0769. The van der Waals surface area contributed by atoms with Crippen LogP contribution in [-0.2, 0) is 0 Å². The third-order valence-electron chi connectivity index (χ3n) is 2.20. The van der Waals surface area contributed by atoms with Crippen LogP contribution >= 0.6 is 11.8 Å². The quantitative estimate of drug-likeness (QED) is 0.598. The zero-order chi connectivity index (χ0) is 11.4. The van der Waals surface area contributed by atoms with Gasteiger partial charge in [0.15, 0.2) is 0 Å². The maximum Gasteiger partial charge on any atom is 0.211 e. The van der Waals surface area contributed by atoms with Gasteiger partial charge in [-0.05, 0) is 18.4 Å². The first kappa shape index (κ1) is 10.9. The van der Waals surface area contributed by atoms with Crippen LogP contribution in [-0.4, -0.2) is 17.0 Å². The first-order valence-corrected chi connectivity index (χ1v) is 6.14. The normalized spacial score (nSPS) is 10.1. The predicted octanol–water partition coefficient (Wildman–Crippen LogP) is 3.03. The number of carbonyl (C=O) groups excluding carboxylic acids is 1. The fourth-order valence-corrected chi connectivity index (χ4v) is 1.80. The highest BCUT2D eigenvalue weighted by molar-refractivity contribution is 7.98. The van der Waals surface area contributed by atoms with Crippen molar-refractivity contribution in [2.45, 2.75) is 5.03 Å². The number of hydrogen-bond acceptors (Lipinski definition) is 3. The molecule has 0 N–H and O–H groups in total. The Labute approximate surface area is 98.7 Å². The zero-order valence-corrected chi connectivity index (χ0v) is 9.70. The van der Waals surface area contributed by atoms with Gasteiger partial charge in [0.05, 0.1) is 5.03 Å². The molecule has 3 heteroatoms. The number of thioether (sulfide) groups is 1. The fourth-order valence-electron chi connectivity index (χ4n) is 1.39. The Morgan fingerprint density at radius 1 is 1.06 bits per heavy atom. The summed E-state index contributed by atoms with van der Waals surface area (Å²) in [7, 11) is 0. The van der Waals surface area contributed by atoms with Gasteiger partial charge >= 0.3 is 0 Å². The standard InChI is InChI=1S/C13H11NOS/c1-16-12-9-5-8-11(14-12)13(15)10-6-3-2-4-7-10/h2-9H,1H3. The van der Waals surface area contributed by atoms with Crippen LogP contribution in [0.5, 0.6) is 0 Å². The topological polar surface area (TPSA) is 30.0 Å². The van der Waals surface area contributed by atoms with Gasteiger partial charge in [0.25, 0.3) is 0 Å². The van der Waals surface area contributed by atoms with Crippen molar-refractivity contribution in [1.82, 2.24) is 4.98 Å². The molecular weight excluding hydrogens is 218 g/mol. The van der Waals surface area contributed by atoms with Crippen LogP contribution in [0.4, 0.5) is 0 Å². The Hall–Kier alpha value is -1.61. The highest BCUT2D eigenvalue weighted by Gasteiger charge is 2.09. The average Bonchev–Trinajstić information content (AvgIpc) is 2.39. The number of nitrogens with zero attached hydrogens (tertiary/aromatic N) is 1. The summed E-state index contributed by atoms with van der Waals surface area (Å²) in [4.78, 5) is 16.3. The molecule has 0 bridgehead atoms. The van der Waals surface area contributed by atoms with Crippen LogP contribution in [0.1, 0.15) is 16.1 Å². The lowest BCUT2D eigenvalue weighted by atomic mass is 10.1. The molecule has 0 fully saturated rings. The Morgan fingerprint density at radius 3 is 2.50 bits per heavy atom. The SMILES string of the molecule is CSc1cccc(C(=O)c2ccccc2)n1. The molecule has 1 aromatic carbocycles. The van der Waals surface area contributed by atoms with Gasteiger partial charge in [-0.2, -0.15) is 0 Å². The molecule has 0 spiro atoms.